The molecule has 108 valence electrons. The number of hydrogen-bond donors (Lipinski definition) is 1. The van der Waals surface area contributed by atoms with E-state index in [1.165, 1.54) is 6.92 Å². The second-order valence-electron chi connectivity index (χ2n) is 5.07. The third kappa shape index (κ3) is 6.83. The quantitative estimate of drug-likeness (QED) is 0.755. The Balaban J connectivity index is 4.16. The molecular formula is C12H21F3O3. The van der Waals surface area contributed by atoms with Gasteiger partial charge >= 0.3 is 12.1 Å². The highest BCUT2D eigenvalue weighted by Crippen LogP contribution is 2.24. The third-order valence-corrected chi connectivity index (χ3v) is 2.48. The molecule has 0 radical (unpaired) electrons. The summed E-state index contributed by atoms with van der Waals surface area (Å²) in [5.41, 5.74) is 0. The highest BCUT2D eigenvalue weighted by molar-refractivity contribution is 5.72. The maximum Gasteiger partial charge on any atom is 0.414 e. The van der Waals surface area contributed by atoms with Crippen molar-refractivity contribution in [3.8, 4) is 0 Å². The summed E-state index contributed by atoms with van der Waals surface area (Å²) in [6.45, 7) is 6.91. The van der Waals surface area contributed by atoms with Crippen molar-refractivity contribution in [2.24, 2.45) is 11.8 Å². The molecule has 0 heterocycles. The van der Waals surface area contributed by atoms with Crippen LogP contribution in [0.3, 0.4) is 0 Å². The van der Waals surface area contributed by atoms with Gasteiger partial charge in [-0.1, -0.05) is 20.8 Å². The Hall–Kier alpha value is -0.780. The van der Waals surface area contributed by atoms with Crippen LogP contribution in [0.25, 0.3) is 0 Å². The predicted molar refractivity (Wildman–Crippen MR) is 60.9 cm³/mol. The summed E-state index contributed by atoms with van der Waals surface area (Å²) >= 11 is 0. The van der Waals surface area contributed by atoms with Gasteiger partial charge in [0, 0.05) is 6.42 Å². The molecule has 0 aromatic heterocycles. The molecule has 0 aliphatic heterocycles. The van der Waals surface area contributed by atoms with E-state index < -0.39 is 30.8 Å². The summed E-state index contributed by atoms with van der Waals surface area (Å²) in [6, 6.07) is 0. The molecule has 6 heteroatoms. The van der Waals surface area contributed by atoms with Gasteiger partial charge in [0.2, 0.25) is 0 Å². The number of hydrogen-bond acceptors (Lipinski definition) is 3. The minimum Gasteiger partial charge on any atom is -0.462 e. The fourth-order valence-corrected chi connectivity index (χ4v) is 1.61. The smallest absolute Gasteiger partial charge is 0.414 e. The molecule has 0 saturated carbocycles. The summed E-state index contributed by atoms with van der Waals surface area (Å²) in [6.07, 6.45) is -8.11. The van der Waals surface area contributed by atoms with E-state index in [4.69, 9.17) is 9.84 Å². The highest BCUT2D eigenvalue weighted by Gasteiger charge is 2.39. The van der Waals surface area contributed by atoms with E-state index in [0.29, 0.717) is 12.3 Å². The number of carbonyl (C=O) groups is 1. The van der Waals surface area contributed by atoms with Gasteiger partial charge in [-0.3, -0.25) is 4.79 Å². The average Bonchev–Trinajstić information content (AvgIpc) is 2.14. The Morgan fingerprint density at radius 1 is 1.17 bits per heavy atom. The Morgan fingerprint density at radius 3 is 2.06 bits per heavy atom. The molecule has 3 atom stereocenters. The van der Waals surface area contributed by atoms with Crippen molar-refractivity contribution in [2.75, 3.05) is 0 Å². The van der Waals surface area contributed by atoms with Gasteiger partial charge in [-0.15, -0.1) is 0 Å². The minimum absolute atomic E-state index is 0.309. The molecule has 18 heavy (non-hydrogen) atoms. The van der Waals surface area contributed by atoms with E-state index in [-0.39, 0.29) is 5.92 Å². The van der Waals surface area contributed by atoms with Crippen LogP contribution in [0.2, 0.25) is 0 Å². The van der Waals surface area contributed by atoms with Crippen molar-refractivity contribution in [1.82, 2.24) is 0 Å². The number of alkyl halides is 3. The minimum atomic E-state index is -4.68. The molecule has 0 aliphatic carbocycles. The molecule has 0 aliphatic rings. The van der Waals surface area contributed by atoms with Gasteiger partial charge in [-0.05, 0) is 19.3 Å². The maximum absolute atomic E-state index is 12.1. The van der Waals surface area contributed by atoms with Crippen LogP contribution in [0.1, 0.15) is 40.5 Å². The van der Waals surface area contributed by atoms with E-state index >= 15 is 0 Å². The fourth-order valence-electron chi connectivity index (χ4n) is 1.61. The standard InChI is InChI=1S/C12H21F3O3/c1-7(2)5-8(3)11(17)18-9(4)6-10(16)12(13,14)15/h7-10,16H,5-6H2,1-4H3. The van der Waals surface area contributed by atoms with E-state index in [0.717, 1.165) is 0 Å². The van der Waals surface area contributed by atoms with Gasteiger partial charge in [0.15, 0.2) is 6.10 Å². The van der Waals surface area contributed by atoms with Crippen LogP contribution in [0, 0.1) is 11.8 Å². The first kappa shape index (κ1) is 17.2. The van der Waals surface area contributed by atoms with Crippen LogP contribution in [-0.2, 0) is 9.53 Å². The summed E-state index contributed by atoms with van der Waals surface area (Å²) in [5.74, 6) is -0.565. The number of aliphatic hydroxyl groups is 1. The number of esters is 1. The Kier molecular flexibility index (Phi) is 6.67. The monoisotopic (exact) mass is 270 g/mol. The largest absolute Gasteiger partial charge is 0.462 e. The molecular weight excluding hydrogens is 249 g/mol. The summed E-state index contributed by atoms with van der Waals surface area (Å²) in [4.78, 5) is 11.5. The van der Waals surface area contributed by atoms with E-state index in [2.05, 4.69) is 0 Å². The van der Waals surface area contributed by atoms with Crippen molar-refractivity contribution in [3.63, 3.8) is 0 Å². The predicted octanol–water partition coefficient (Wildman–Crippen LogP) is 2.91. The van der Waals surface area contributed by atoms with Crippen LogP contribution < -0.4 is 0 Å². The van der Waals surface area contributed by atoms with E-state index in [1.807, 2.05) is 13.8 Å². The lowest BCUT2D eigenvalue weighted by Crippen LogP contribution is -2.33. The second-order valence-corrected chi connectivity index (χ2v) is 5.07. The van der Waals surface area contributed by atoms with Crippen molar-refractivity contribution >= 4 is 5.97 Å². The van der Waals surface area contributed by atoms with Gasteiger partial charge in [0.05, 0.1) is 5.92 Å². The molecule has 0 rings (SSSR count). The van der Waals surface area contributed by atoms with Crippen molar-refractivity contribution in [2.45, 2.75) is 58.9 Å². The zero-order valence-corrected chi connectivity index (χ0v) is 11.1. The number of aliphatic hydroxyl groups excluding tert-OH is 1. The molecule has 0 aromatic carbocycles. The SMILES string of the molecule is CC(C)CC(C)C(=O)OC(C)CC(O)C(F)(F)F. The summed E-state index contributed by atoms with van der Waals surface area (Å²) < 4.78 is 41.1. The molecule has 1 N–H and O–H groups in total. The fraction of sp³-hybridized carbons (Fsp3) is 0.917. The molecule has 0 saturated heterocycles. The highest BCUT2D eigenvalue weighted by atomic mass is 19.4. The first-order chi connectivity index (χ1) is 8.04. The zero-order valence-electron chi connectivity index (χ0n) is 11.1. The Bertz CT molecular complexity index is 264. The topological polar surface area (TPSA) is 46.5 Å². The van der Waals surface area contributed by atoms with Crippen LogP contribution >= 0.6 is 0 Å². The molecule has 3 nitrogen and oxygen atoms in total. The molecule has 0 aromatic rings. The van der Waals surface area contributed by atoms with E-state index in [1.54, 1.807) is 6.92 Å². The molecule has 0 fully saturated rings. The lowest BCUT2D eigenvalue weighted by Gasteiger charge is -2.21. The first-order valence-electron chi connectivity index (χ1n) is 5.99. The molecule has 3 unspecified atom stereocenters. The van der Waals surface area contributed by atoms with Crippen LogP contribution in [0.15, 0.2) is 0 Å². The van der Waals surface area contributed by atoms with Gasteiger partial charge in [-0.25, -0.2) is 0 Å². The number of halogens is 3. The number of carbonyl (C=O) groups excluding carboxylic acids is 1. The van der Waals surface area contributed by atoms with Gasteiger partial charge in [-0.2, -0.15) is 13.2 Å². The van der Waals surface area contributed by atoms with Crippen molar-refractivity contribution in [3.05, 3.63) is 0 Å². The van der Waals surface area contributed by atoms with Crippen LogP contribution in [0.5, 0.6) is 0 Å². The van der Waals surface area contributed by atoms with Gasteiger partial charge in [0.1, 0.15) is 6.10 Å². The molecule has 0 amide bonds. The average molecular weight is 270 g/mol. The van der Waals surface area contributed by atoms with Crippen LogP contribution in [0.4, 0.5) is 13.2 Å². The Morgan fingerprint density at radius 2 is 1.67 bits per heavy atom. The van der Waals surface area contributed by atoms with Gasteiger partial charge in [0.25, 0.3) is 0 Å². The summed E-state index contributed by atoms with van der Waals surface area (Å²) in [5, 5.41) is 8.84. The van der Waals surface area contributed by atoms with Crippen molar-refractivity contribution < 1.29 is 27.8 Å². The maximum atomic E-state index is 12.1. The third-order valence-electron chi connectivity index (χ3n) is 2.48. The first-order valence-corrected chi connectivity index (χ1v) is 5.99. The van der Waals surface area contributed by atoms with E-state index in [9.17, 15) is 18.0 Å². The molecule has 0 bridgehead atoms. The van der Waals surface area contributed by atoms with Crippen molar-refractivity contribution in [1.29, 1.82) is 0 Å². The number of rotatable bonds is 6. The number of ether oxygens (including phenoxy) is 1. The zero-order chi connectivity index (χ0) is 14.5. The lowest BCUT2D eigenvalue weighted by atomic mass is 9.99. The van der Waals surface area contributed by atoms with Crippen LogP contribution in [-0.4, -0.2) is 29.5 Å². The second kappa shape index (κ2) is 6.97. The Labute approximate surface area is 105 Å². The molecule has 0 spiro atoms. The lowest BCUT2D eigenvalue weighted by molar-refractivity contribution is -0.212. The normalized spacial score (nSPS) is 17.4. The van der Waals surface area contributed by atoms with Gasteiger partial charge < -0.3 is 9.84 Å². The summed E-state index contributed by atoms with van der Waals surface area (Å²) in [7, 11) is 0.